The molecule has 0 aliphatic rings. The van der Waals surface area contributed by atoms with Crippen molar-refractivity contribution in [1.82, 2.24) is 5.32 Å². The third kappa shape index (κ3) is 4.92. The number of hydrogen-bond donors (Lipinski definition) is 1. The van der Waals surface area contributed by atoms with Crippen molar-refractivity contribution in [3.05, 3.63) is 56.7 Å². The Balaban J connectivity index is 1.54. The minimum absolute atomic E-state index is 0.988. The molecular formula is C15H18BrNS. The van der Waals surface area contributed by atoms with Crippen LogP contribution in [0.3, 0.4) is 0 Å². The van der Waals surface area contributed by atoms with Gasteiger partial charge in [-0.2, -0.15) is 0 Å². The van der Waals surface area contributed by atoms with Gasteiger partial charge >= 0.3 is 0 Å². The first-order chi connectivity index (χ1) is 8.84. The third-order valence-electron chi connectivity index (χ3n) is 2.84. The van der Waals surface area contributed by atoms with Crippen LogP contribution < -0.4 is 5.32 Å². The monoisotopic (exact) mass is 323 g/mol. The molecule has 1 N–H and O–H groups in total. The van der Waals surface area contributed by atoms with E-state index in [0.717, 1.165) is 13.1 Å². The molecule has 0 spiro atoms. The van der Waals surface area contributed by atoms with E-state index in [1.165, 1.54) is 33.5 Å². The topological polar surface area (TPSA) is 12.0 Å². The van der Waals surface area contributed by atoms with Crippen molar-refractivity contribution in [3.63, 3.8) is 0 Å². The second-order valence-electron chi connectivity index (χ2n) is 4.33. The second kappa shape index (κ2) is 7.72. The normalized spacial score (nSPS) is 10.7. The van der Waals surface area contributed by atoms with Crippen molar-refractivity contribution in [2.75, 3.05) is 6.54 Å². The van der Waals surface area contributed by atoms with E-state index >= 15 is 0 Å². The van der Waals surface area contributed by atoms with Gasteiger partial charge < -0.3 is 5.32 Å². The van der Waals surface area contributed by atoms with Crippen molar-refractivity contribution in [1.29, 1.82) is 0 Å². The first kappa shape index (κ1) is 13.8. The van der Waals surface area contributed by atoms with E-state index in [0.29, 0.717) is 0 Å². The van der Waals surface area contributed by atoms with Crippen LogP contribution in [0.5, 0.6) is 0 Å². The highest BCUT2D eigenvalue weighted by Crippen LogP contribution is 2.21. The van der Waals surface area contributed by atoms with E-state index in [9.17, 15) is 0 Å². The van der Waals surface area contributed by atoms with Gasteiger partial charge in [0.2, 0.25) is 0 Å². The van der Waals surface area contributed by atoms with Gasteiger partial charge in [-0.25, -0.2) is 0 Å². The second-order valence-corrected chi connectivity index (χ2v) is 6.87. The first-order valence-corrected chi connectivity index (χ1v) is 7.94. The van der Waals surface area contributed by atoms with Crippen LogP contribution in [0.1, 0.15) is 23.3 Å². The van der Waals surface area contributed by atoms with Crippen molar-refractivity contribution in [2.45, 2.75) is 25.8 Å². The molecule has 0 aliphatic heterocycles. The Labute approximate surface area is 121 Å². The van der Waals surface area contributed by atoms with Crippen LogP contribution in [-0.4, -0.2) is 6.54 Å². The maximum absolute atomic E-state index is 3.49. The maximum Gasteiger partial charge on any atom is 0.0701 e. The molecule has 1 nitrogen and oxygen atoms in total. The van der Waals surface area contributed by atoms with Crippen LogP contribution in [0.15, 0.2) is 46.3 Å². The fourth-order valence-electron chi connectivity index (χ4n) is 1.88. The van der Waals surface area contributed by atoms with E-state index in [1.54, 1.807) is 11.3 Å². The van der Waals surface area contributed by atoms with E-state index in [1.807, 2.05) is 0 Å². The van der Waals surface area contributed by atoms with Gasteiger partial charge in [-0.15, -0.1) is 11.3 Å². The SMILES string of the molecule is Brc1ccc(CNCCCCc2ccccc2)s1. The van der Waals surface area contributed by atoms with Crippen LogP contribution in [0.25, 0.3) is 0 Å². The van der Waals surface area contributed by atoms with Gasteiger partial charge in [-0.1, -0.05) is 30.3 Å². The fourth-order valence-corrected chi connectivity index (χ4v) is 3.33. The summed E-state index contributed by atoms with van der Waals surface area (Å²) in [4.78, 5) is 1.39. The summed E-state index contributed by atoms with van der Waals surface area (Å²) in [5, 5.41) is 3.49. The molecule has 0 aliphatic carbocycles. The molecule has 0 bridgehead atoms. The summed E-state index contributed by atoms with van der Waals surface area (Å²) in [6, 6.07) is 15.0. The molecule has 0 unspecified atom stereocenters. The van der Waals surface area contributed by atoms with Crippen molar-refractivity contribution in [2.24, 2.45) is 0 Å². The molecule has 0 fully saturated rings. The Morgan fingerprint density at radius 3 is 2.56 bits per heavy atom. The smallest absolute Gasteiger partial charge is 0.0701 e. The zero-order valence-corrected chi connectivity index (χ0v) is 12.8. The molecule has 0 radical (unpaired) electrons. The molecule has 2 rings (SSSR count). The summed E-state index contributed by atoms with van der Waals surface area (Å²) in [6.07, 6.45) is 3.68. The highest BCUT2D eigenvalue weighted by atomic mass is 79.9. The van der Waals surface area contributed by atoms with Crippen LogP contribution in [0.4, 0.5) is 0 Å². The lowest BCUT2D eigenvalue weighted by Gasteiger charge is -2.03. The van der Waals surface area contributed by atoms with Crippen molar-refractivity contribution in [3.8, 4) is 0 Å². The quantitative estimate of drug-likeness (QED) is 0.733. The predicted octanol–water partition coefficient (Wildman–Crippen LogP) is 4.62. The minimum Gasteiger partial charge on any atom is -0.312 e. The number of benzene rings is 1. The van der Waals surface area contributed by atoms with Crippen molar-refractivity contribution >= 4 is 27.3 Å². The summed E-state index contributed by atoms with van der Waals surface area (Å²) >= 11 is 5.29. The van der Waals surface area contributed by atoms with Gasteiger partial charge in [-0.3, -0.25) is 0 Å². The molecule has 1 aromatic heterocycles. The van der Waals surface area contributed by atoms with E-state index in [4.69, 9.17) is 0 Å². The number of unbranched alkanes of at least 4 members (excludes halogenated alkanes) is 1. The fraction of sp³-hybridized carbons (Fsp3) is 0.333. The minimum atomic E-state index is 0.988. The number of thiophene rings is 1. The van der Waals surface area contributed by atoms with Gasteiger partial charge in [0.15, 0.2) is 0 Å². The number of hydrogen-bond acceptors (Lipinski definition) is 2. The number of aryl methyl sites for hydroxylation is 1. The van der Waals surface area contributed by atoms with Crippen LogP contribution in [0.2, 0.25) is 0 Å². The van der Waals surface area contributed by atoms with Crippen molar-refractivity contribution < 1.29 is 0 Å². The molecule has 96 valence electrons. The van der Waals surface area contributed by atoms with Crippen LogP contribution in [0, 0.1) is 0 Å². The Morgan fingerprint density at radius 1 is 1.00 bits per heavy atom. The third-order valence-corrected chi connectivity index (χ3v) is 4.46. The molecular weight excluding hydrogens is 306 g/mol. The van der Waals surface area contributed by atoms with E-state index < -0.39 is 0 Å². The lowest BCUT2D eigenvalue weighted by Crippen LogP contribution is -2.13. The summed E-state index contributed by atoms with van der Waals surface area (Å²) in [6.45, 7) is 2.09. The maximum atomic E-state index is 3.49. The average Bonchev–Trinajstić information content (AvgIpc) is 2.81. The van der Waals surface area contributed by atoms with E-state index in [2.05, 4.69) is 63.7 Å². The average molecular weight is 324 g/mol. The number of halogens is 1. The standard InChI is InChI=1S/C15H18BrNS/c16-15-10-9-14(18-15)12-17-11-5-4-8-13-6-2-1-3-7-13/h1-3,6-7,9-10,17H,4-5,8,11-12H2. The van der Waals surface area contributed by atoms with Gasteiger partial charge in [0.1, 0.15) is 0 Å². The van der Waals surface area contributed by atoms with Gasteiger partial charge in [-0.05, 0) is 59.4 Å². The molecule has 1 aromatic carbocycles. The highest BCUT2D eigenvalue weighted by Gasteiger charge is 1.97. The Kier molecular flexibility index (Phi) is 5.91. The van der Waals surface area contributed by atoms with Gasteiger partial charge in [0.05, 0.1) is 3.79 Å². The number of rotatable bonds is 7. The van der Waals surface area contributed by atoms with Gasteiger partial charge in [0.25, 0.3) is 0 Å². The lowest BCUT2D eigenvalue weighted by molar-refractivity contribution is 0.626. The molecule has 0 atom stereocenters. The Bertz CT molecular complexity index is 453. The summed E-state index contributed by atoms with van der Waals surface area (Å²) in [5.74, 6) is 0. The number of nitrogens with one attached hydrogen (secondary N) is 1. The molecule has 0 saturated heterocycles. The highest BCUT2D eigenvalue weighted by molar-refractivity contribution is 9.11. The summed E-state index contributed by atoms with van der Waals surface area (Å²) in [5.41, 5.74) is 1.44. The predicted molar refractivity (Wildman–Crippen MR) is 83.1 cm³/mol. The summed E-state index contributed by atoms with van der Waals surface area (Å²) in [7, 11) is 0. The Morgan fingerprint density at radius 2 is 1.83 bits per heavy atom. The molecule has 1 heterocycles. The molecule has 0 saturated carbocycles. The zero-order valence-electron chi connectivity index (χ0n) is 10.4. The first-order valence-electron chi connectivity index (χ1n) is 6.33. The Hall–Kier alpha value is -0.640. The molecule has 0 amide bonds. The van der Waals surface area contributed by atoms with Crippen LogP contribution in [-0.2, 0) is 13.0 Å². The van der Waals surface area contributed by atoms with Crippen LogP contribution >= 0.6 is 27.3 Å². The van der Waals surface area contributed by atoms with E-state index in [-0.39, 0.29) is 0 Å². The van der Waals surface area contributed by atoms with Gasteiger partial charge in [0, 0.05) is 11.4 Å². The zero-order chi connectivity index (χ0) is 12.6. The lowest BCUT2D eigenvalue weighted by atomic mass is 10.1. The molecule has 3 heteroatoms. The summed E-state index contributed by atoms with van der Waals surface area (Å²) < 4.78 is 1.21. The molecule has 18 heavy (non-hydrogen) atoms. The largest absolute Gasteiger partial charge is 0.312 e. The molecule has 2 aromatic rings.